The fraction of sp³-hybridized carbons (Fsp3) is 0.385. The van der Waals surface area contributed by atoms with Crippen LogP contribution in [0.5, 0.6) is 5.75 Å². The van der Waals surface area contributed by atoms with Gasteiger partial charge < -0.3 is 4.74 Å². The van der Waals surface area contributed by atoms with Crippen molar-refractivity contribution in [3.63, 3.8) is 0 Å². The molecule has 0 amide bonds. The Kier molecular flexibility index (Phi) is 1.91. The molecule has 1 nitrogen and oxygen atoms in total. The molecule has 0 bridgehead atoms. The van der Waals surface area contributed by atoms with E-state index in [1.807, 2.05) is 0 Å². The molecule has 74 valence electrons. The molecule has 0 radical (unpaired) electrons. The van der Waals surface area contributed by atoms with Gasteiger partial charge in [-0.3, -0.25) is 0 Å². The molecule has 0 aliphatic carbocycles. The zero-order chi connectivity index (χ0) is 10.3. The van der Waals surface area contributed by atoms with Crippen molar-refractivity contribution in [1.82, 2.24) is 0 Å². The van der Waals surface area contributed by atoms with Crippen molar-refractivity contribution >= 4 is 6.08 Å². The smallest absolute Gasteiger partial charge is 0.130 e. The Balaban J connectivity index is 2.60. The van der Waals surface area contributed by atoms with E-state index < -0.39 is 0 Å². The van der Waals surface area contributed by atoms with Gasteiger partial charge in [0, 0.05) is 5.56 Å². The SMILES string of the molecule is Cc1ccc(C)c2c1C=CC(C)(C)O2. The van der Waals surface area contributed by atoms with Gasteiger partial charge in [0.2, 0.25) is 0 Å². The maximum absolute atomic E-state index is 5.94. The monoisotopic (exact) mass is 188 g/mol. The number of aryl methyl sites for hydroxylation is 2. The molecule has 14 heavy (non-hydrogen) atoms. The van der Waals surface area contributed by atoms with E-state index in [2.05, 4.69) is 52.0 Å². The second kappa shape index (κ2) is 2.88. The molecule has 0 spiro atoms. The van der Waals surface area contributed by atoms with Crippen LogP contribution < -0.4 is 4.74 Å². The summed E-state index contributed by atoms with van der Waals surface area (Å²) < 4.78 is 5.94. The molecule has 1 aliphatic heterocycles. The van der Waals surface area contributed by atoms with E-state index in [0.29, 0.717) is 0 Å². The van der Waals surface area contributed by atoms with E-state index in [9.17, 15) is 0 Å². The molecular weight excluding hydrogens is 172 g/mol. The maximum Gasteiger partial charge on any atom is 0.130 e. The Hall–Kier alpha value is -1.24. The molecule has 0 fully saturated rings. The van der Waals surface area contributed by atoms with Crippen molar-refractivity contribution in [3.05, 3.63) is 34.9 Å². The molecule has 0 N–H and O–H groups in total. The summed E-state index contributed by atoms with van der Waals surface area (Å²) in [6.07, 6.45) is 4.28. The number of benzene rings is 1. The Bertz CT molecular complexity index is 400. The summed E-state index contributed by atoms with van der Waals surface area (Å²) in [5.41, 5.74) is 3.54. The van der Waals surface area contributed by atoms with Crippen LogP contribution in [0.25, 0.3) is 6.08 Å². The van der Waals surface area contributed by atoms with Gasteiger partial charge in [0.25, 0.3) is 0 Å². The van der Waals surface area contributed by atoms with Crippen LogP contribution in [0.4, 0.5) is 0 Å². The quantitative estimate of drug-likeness (QED) is 0.605. The number of fused-ring (bicyclic) bond motifs is 1. The lowest BCUT2D eigenvalue weighted by Gasteiger charge is -2.29. The van der Waals surface area contributed by atoms with Crippen LogP contribution in [0.3, 0.4) is 0 Å². The van der Waals surface area contributed by atoms with Crippen LogP contribution in [0.2, 0.25) is 0 Å². The average Bonchev–Trinajstić information content (AvgIpc) is 2.10. The van der Waals surface area contributed by atoms with Crippen LogP contribution in [0, 0.1) is 13.8 Å². The first-order valence-electron chi connectivity index (χ1n) is 4.98. The van der Waals surface area contributed by atoms with Gasteiger partial charge in [0.15, 0.2) is 0 Å². The minimum atomic E-state index is -0.175. The third-order valence-electron chi connectivity index (χ3n) is 2.63. The predicted molar refractivity (Wildman–Crippen MR) is 59.7 cm³/mol. The van der Waals surface area contributed by atoms with Gasteiger partial charge in [-0.25, -0.2) is 0 Å². The first-order chi connectivity index (χ1) is 6.49. The summed E-state index contributed by atoms with van der Waals surface area (Å²) in [5, 5.41) is 0. The summed E-state index contributed by atoms with van der Waals surface area (Å²) in [4.78, 5) is 0. The molecule has 2 rings (SSSR count). The molecule has 1 heterocycles. The van der Waals surface area contributed by atoms with Crippen LogP contribution >= 0.6 is 0 Å². The Morgan fingerprint density at radius 1 is 1.07 bits per heavy atom. The van der Waals surface area contributed by atoms with Crippen LogP contribution in [0.15, 0.2) is 18.2 Å². The van der Waals surface area contributed by atoms with Crippen LogP contribution in [0.1, 0.15) is 30.5 Å². The number of hydrogen-bond acceptors (Lipinski definition) is 1. The van der Waals surface area contributed by atoms with Gasteiger partial charge in [0.1, 0.15) is 11.4 Å². The van der Waals surface area contributed by atoms with E-state index in [-0.39, 0.29) is 5.60 Å². The molecule has 0 saturated carbocycles. The molecule has 0 aromatic heterocycles. The van der Waals surface area contributed by atoms with E-state index in [0.717, 1.165) is 5.75 Å². The number of rotatable bonds is 0. The summed E-state index contributed by atoms with van der Waals surface area (Å²) in [7, 11) is 0. The third-order valence-corrected chi connectivity index (χ3v) is 2.63. The van der Waals surface area contributed by atoms with Crippen molar-refractivity contribution in [1.29, 1.82) is 0 Å². The van der Waals surface area contributed by atoms with Gasteiger partial charge in [-0.1, -0.05) is 18.2 Å². The standard InChI is InChI=1S/C13H16O/c1-9-5-6-10(2)12-11(9)7-8-13(3,4)14-12/h5-8H,1-4H3. The van der Waals surface area contributed by atoms with Gasteiger partial charge in [-0.2, -0.15) is 0 Å². The summed E-state index contributed by atoms with van der Waals surface area (Å²) >= 11 is 0. The largest absolute Gasteiger partial charge is 0.483 e. The number of hydrogen-bond donors (Lipinski definition) is 0. The Labute approximate surface area is 85.4 Å². The van der Waals surface area contributed by atoms with Crippen LogP contribution in [-0.4, -0.2) is 5.60 Å². The van der Waals surface area contributed by atoms with Crippen molar-refractivity contribution in [2.75, 3.05) is 0 Å². The predicted octanol–water partition coefficient (Wildman–Crippen LogP) is 3.49. The first kappa shape index (κ1) is 9.32. The van der Waals surface area contributed by atoms with Crippen LogP contribution in [-0.2, 0) is 0 Å². The molecule has 1 aliphatic rings. The molecule has 0 saturated heterocycles. The van der Waals surface area contributed by atoms with Gasteiger partial charge in [-0.15, -0.1) is 0 Å². The fourth-order valence-corrected chi connectivity index (χ4v) is 1.73. The zero-order valence-corrected chi connectivity index (χ0v) is 9.22. The fourth-order valence-electron chi connectivity index (χ4n) is 1.73. The summed E-state index contributed by atoms with van der Waals surface area (Å²) in [5.74, 6) is 1.04. The lowest BCUT2D eigenvalue weighted by atomic mass is 9.97. The van der Waals surface area contributed by atoms with Crippen molar-refractivity contribution in [3.8, 4) is 5.75 Å². The Morgan fingerprint density at radius 2 is 1.71 bits per heavy atom. The van der Waals surface area contributed by atoms with E-state index in [1.165, 1.54) is 16.7 Å². The highest BCUT2D eigenvalue weighted by Gasteiger charge is 2.23. The minimum absolute atomic E-state index is 0.175. The normalized spacial score (nSPS) is 17.4. The molecular formula is C13H16O. The zero-order valence-electron chi connectivity index (χ0n) is 9.22. The highest BCUT2D eigenvalue weighted by molar-refractivity contribution is 5.66. The molecule has 0 atom stereocenters. The van der Waals surface area contributed by atoms with Crippen molar-refractivity contribution < 1.29 is 4.74 Å². The molecule has 1 aromatic rings. The van der Waals surface area contributed by atoms with Gasteiger partial charge >= 0.3 is 0 Å². The van der Waals surface area contributed by atoms with E-state index in [1.54, 1.807) is 0 Å². The second-order valence-corrected chi connectivity index (χ2v) is 4.48. The summed E-state index contributed by atoms with van der Waals surface area (Å²) in [6, 6.07) is 4.25. The highest BCUT2D eigenvalue weighted by Crippen LogP contribution is 2.35. The third kappa shape index (κ3) is 1.43. The summed E-state index contributed by atoms with van der Waals surface area (Å²) in [6.45, 7) is 8.36. The maximum atomic E-state index is 5.94. The molecule has 0 unspecified atom stereocenters. The van der Waals surface area contributed by atoms with E-state index >= 15 is 0 Å². The average molecular weight is 188 g/mol. The molecule has 1 heteroatoms. The van der Waals surface area contributed by atoms with Crippen molar-refractivity contribution in [2.45, 2.75) is 33.3 Å². The highest BCUT2D eigenvalue weighted by atomic mass is 16.5. The van der Waals surface area contributed by atoms with E-state index in [4.69, 9.17) is 4.74 Å². The topological polar surface area (TPSA) is 9.23 Å². The lowest BCUT2D eigenvalue weighted by Crippen LogP contribution is -2.28. The van der Waals surface area contributed by atoms with Gasteiger partial charge in [0.05, 0.1) is 0 Å². The number of ether oxygens (including phenoxy) is 1. The molecule has 1 aromatic carbocycles. The van der Waals surface area contributed by atoms with Gasteiger partial charge in [-0.05, 0) is 44.9 Å². The lowest BCUT2D eigenvalue weighted by molar-refractivity contribution is 0.157. The minimum Gasteiger partial charge on any atom is -0.483 e. The second-order valence-electron chi connectivity index (χ2n) is 4.48. The first-order valence-corrected chi connectivity index (χ1v) is 4.98. The Morgan fingerprint density at radius 3 is 2.43 bits per heavy atom. The van der Waals surface area contributed by atoms with Crippen molar-refractivity contribution in [2.24, 2.45) is 0 Å².